The Labute approximate surface area is 186 Å². The van der Waals surface area contributed by atoms with Crippen molar-refractivity contribution in [2.24, 2.45) is 0 Å². The van der Waals surface area contributed by atoms with E-state index in [0.717, 1.165) is 23.5 Å². The van der Waals surface area contributed by atoms with Crippen LogP contribution >= 0.6 is 11.6 Å². The molecule has 31 heavy (non-hydrogen) atoms. The van der Waals surface area contributed by atoms with Crippen LogP contribution in [0.15, 0.2) is 55.0 Å². The molecule has 0 atom stereocenters. The Balaban J connectivity index is 1.42. The molecule has 2 aromatic carbocycles. The Morgan fingerprint density at radius 1 is 1.19 bits per heavy atom. The van der Waals surface area contributed by atoms with E-state index in [1.807, 2.05) is 36.5 Å². The molecule has 1 aliphatic rings. The van der Waals surface area contributed by atoms with Gasteiger partial charge in [-0.25, -0.2) is 9.83 Å². The Kier molecular flexibility index (Phi) is 6.21. The van der Waals surface area contributed by atoms with E-state index in [2.05, 4.69) is 19.3 Å². The summed E-state index contributed by atoms with van der Waals surface area (Å²) in [6.45, 7) is 10.2. The van der Waals surface area contributed by atoms with Gasteiger partial charge >= 0.3 is 0 Å². The number of anilines is 1. The zero-order chi connectivity index (χ0) is 21.8. The lowest BCUT2D eigenvalue weighted by Gasteiger charge is -2.34. The van der Waals surface area contributed by atoms with Crippen LogP contribution in [-0.2, 0) is 17.9 Å². The predicted molar refractivity (Wildman–Crippen MR) is 120 cm³/mol. The molecular weight excluding hydrogens is 414 g/mol. The lowest BCUT2D eigenvalue weighted by molar-refractivity contribution is -0.121. The zero-order valence-corrected chi connectivity index (χ0v) is 17.9. The topological polar surface area (TPSA) is 55.0 Å². The van der Waals surface area contributed by atoms with E-state index in [-0.39, 0.29) is 5.91 Å². The minimum atomic E-state index is 0.0547. The van der Waals surface area contributed by atoms with Crippen LogP contribution < -0.4 is 9.64 Å². The molecule has 1 fully saturated rings. The van der Waals surface area contributed by atoms with Gasteiger partial charge in [-0.3, -0.25) is 9.69 Å². The van der Waals surface area contributed by atoms with Gasteiger partial charge in [-0.05, 0) is 29.8 Å². The van der Waals surface area contributed by atoms with E-state index in [4.69, 9.17) is 22.9 Å². The van der Waals surface area contributed by atoms with Crippen LogP contribution in [0.5, 0.6) is 5.75 Å². The van der Waals surface area contributed by atoms with Crippen molar-refractivity contribution >= 4 is 28.9 Å². The number of methoxy groups -OCH3 is 1. The lowest BCUT2D eigenvalue weighted by atomic mass is 10.2. The number of hydrogen-bond donors (Lipinski definition) is 0. The van der Waals surface area contributed by atoms with E-state index < -0.39 is 0 Å². The van der Waals surface area contributed by atoms with Crippen molar-refractivity contribution in [1.82, 2.24) is 14.5 Å². The zero-order valence-electron chi connectivity index (χ0n) is 17.2. The van der Waals surface area contributed by atoms with E-state index in [1.165, 1.54) is 0 Å². The van der Waals surface area contributed by atoms with Gasteiger partial charge in [-0.1, -0.05) is 29.8 Å². The van der Waals surface area contributed by atoms with Crippen molar-refractivity contribution < 1.29 is 9.53 Å². The normalized spacial score (nSPS) is 14.5. The predicted octanol–water partition coefficient (Wildman–Crippen LogP) is 3.99. The molecule has 7 nitrogen and oxygen atoms in total. The number of amides is 1. The summed E-state index contributed by atoms with van der Waals surface area (Å²) < 4.78 is 7.37. The highest BCUT2D eigenvalue weighted by Crippen LogP contribution is 2.29. The number of piperazine rings is 1. The molecule has 0 spiro atoms. The highest BCUT2D eigenvalue weighted by Gasteiger charge is 2.25. The van der Waals surface area contributed by atoms with Crippen molar-refractivity contribution in [2.75, 3.05) is 31.6 Å². The van der Waals surface area contributed by atoms with Crippen LogP contribution in [-0.4, -0.2) is 47.1 Å². The maximum absolute atomic E-state index is 12.7. The van der Waals surface area contributed by atoms with E-state index in [1.54, 1.807) is 30.5 Å². The molecule has 0 unspecified atom stereocenters. The largest absolute Gasteiger partial charge is 0.508 e. The van der Waals surface area contributed by atoms with Gasteiger partial charge in [-0.15, -0.1) is 0 Å². The number of halogens is 1. The molecule has 1 aliphatic heterocycles. The van der Waals surface area contributed by atoms with Crippen LogP contribution in [0.3, 0.4) is 0 Å². The summed E-state index contributed by atoms with van der Waals surface area (Å²) in [5, 5.41) is 0.623. The van der Waals surface area contributed by atoms with Gasteiger partial charge < -0.3 is 14.2 Å². The number of carbonyl (C=O) groups excluding carboxylic acids is 1. The minimum absolute atomic E-state index is 0.0547. The van der Waals surface area contributed by atoms with Crippen LogP contribution in [0.2, 0.25) is 5.02 Å². The third-order valence-corrected chi connectivity index (χ3v) is 5.56. The van der Waals surface area contributed by atoms with Gasteiger partial charge in [0.2, 0.25) is 11.6 Å². The lowest BCUT2D eigenvalue weighted by Crippen LogP contribution is -2.50. The van der Waals surface area contributed by atoms with E-state index >= 15 is 0 Å². The maximum Gasteiger partial charge on any atom is 0.241 e. The second kappa shape index (κ2) is 9.21. The highest BCUT2D eigenvalue weighted by molar-refractivity contribution is 6.30. The van der Waals surface area contributed by atoms with Gasteiger partial charge in [0, 0.05) is 43.1 Å². The minimum Gasteiger partial charge on any atom is -0.508 e. The number of ether oxygens (including phenoxy) is 1. The molecule has 2 heterocycles. The molecule has 0 N–H and O–H groups in total. The van der Waals surface area contributed by atoms with Crippen molar-refractivity contribution in [2.45, 2.75) is 13.1 Å². The smallest absolute Gasteiger partial charge is 0.241 e. The molecule has 158 valence electrons. The highest BCUT2D eigenvalue weighted by atomic mass is 35.5. The molecule has 0 saturated carbocycles. The molecule has 1 aromatic heterocycles. The Hall–Kier alpha value is -3.34. The summed E-state index contributed by atoms with van der Waals surface area (Å²) in [4.78, 5) is 24.4. The first-order valence-corrected chi connectivity index (χ1v) is 10.3. The van der Waals surface area contributed by atoms with Crippen LogP contribution in [0.4, 0.5) is 11.4 Å². The SMILES string of the molecule is [C-]#[N+]c1ccc(Cn2cncc2CN2CCN(c3cccc(Cl)c3)C(=O)C2)cc1OC. The monoisotopic (exact) mass is 435 g/mol. The van der Waals surface area contributed by atoms with Gasteiger partial charge in [0.25, 0.3) is 0 Å². The van der Waals surface area contributed by atoms with Crippen LogP contribution in [0.25, 0.3) is 4.85 Å². The van der Waals surface area contributed by atoms with Gasteiger partial charge in [0.05, 0.1) is 32.2 Å². The number of nitrogens with zero attached hydrogens (tertiary/aromatic N) is 5. The molecule has 4 rings (SSSR count). The van der Waals surface area contributed by atoms with Gasteiger partial charge in [0.1, 0.15) is 5.75 Å². The van der Waals surface area contributed by atoms with Crippen molar-refractivity contribution in [1.29, 1.82) is 0 Å². The summed E-state index contributed by atoms with van der Waals surface area (Å²) >= 11 is 6.07. The molecule has 3 aromatic rings. The maximum atomic E-state index is 12.7. The quantitative estimate of drug-likeness (QED) is 0.549. The second-order valence-corrected chi connectivity index (χ2v) is 7.80. The fraction of sp³-hybridized carbons (Fsp3) is 0.261. The molecule has 8 heteroatoms. The summed E-state index contributed by atoms with van der Waals surface area (Å²) in [5.41, 5.74) is 3.37. The molecule has 0 bridgehead atoms. The molecule has 1 saturated heterocycles. The Bertz CT molecular complexity index is 1140. The van der Waals surface area contributed by atoms with Gasteiger partial charge in [0.15, 0.2) is 0 Å². The van der Waals surface area contributed by atoms with Gasteiger partial charge in [-0.2, -0.15) is 0 Å². The molecule has 0 aliphatic carbocycles. The standard InChI is InChI=1S/C23H22ClN5O2/c1-25-21-7-6-17(10-22(21)31-2)13-28-16-26-12-20(28)14-27-8-9-29(23(30)15-27)19-5-3-4-18(24)11-19/h3-7,10-12,16H,8-9,13-15H2,2H3. The number of benzene rings is 2. The fourth-order valence-corrected chi connectivity index (χ4v) is 3.92. The number of imidazole rings is 1. The summed E-state index contributed by atoms with van der Waals surface area (Å²) in [7, 11) is 1.57. The Morgan fingerprint density at radius 3 is 2.81 bits per heavy atom. The molecule has 1 amide bonds. The number of carbonyl (C=O) groups is 1. The van der Waals surface area contributed by atoms with E-state index in [0.29, 0.717) is 42.6 Å². The Morgan fingerprint density at radius 2 is 2.06 bits per heavy atom. The van der Waals surface area contributed by atoms with Crippen LogP contribution in [0.1, 0.15) is 11.3 Å². The first kappa shape index (κ1) is 20.9. The van der Waals surface area contributed by atoms with Crippen molar-refractivity contribution in [3.63, 3.8) is 0 Å². The molecule has 0 radical (unpaired) electrons. The van der Waals surface area contributed by atoms with E-state index in [9.17, 15) is 4.79 Å². The number of rotatable bonds is 6. The van der Waals surface area contributed by atoms with Crippen molar-refractivity contribution in [3.8, 4) is 5.75 Å². The van der Waals surface area contributed by atoms with Crippen molar-refractivity contribution in [3.05, 3.63) is 82.7 Å². The molecular formula is C23H22ClN5O2. The first-order valence-electron chi connectivity index (χ1n) is 9.89. The summed E-state index contributed by atoms with van der Waals surface area (Å²) in [6.07, 6.45) is 3.62. The second-order valence-electron chi connectivity index (χ2n) is 7.37. The fourth-order valence-electron chi connectivity index (χ4n) is 3.73. The summed E-state index contributed by atoms with van der Waals surface area (Å²) in [5.74, 6) is 0.621. The average Bonchev–Trinajstić information content (AvgIpc) is 3.20. The van der Waals surface area contributed by atoms with Crippen LogP contribution in [0, 0.1) is 6.57 Å². The number of aromatic nitrogens is 2. The summed E-state index contributed by atoms with van der Waals surface area (Å²) in [6, 6.07) is 13.0. The number of hydrogen-bond acceptors (Lipinski definition) is 4. The average molecular weight is 436 g/mol. The third kappa shape index (κ3) is 4.71. The first-order chi connectivity index (χ1) is 15.1. The third-order valence-electron chi connectivity index (χ3n) is 5.32.